The van der Waals surface area contributed by atoms with E-state index in [0.717, 1.165) is 22.2 Å². The van der Waals surface area contributed by atoms with E-state index >= 15 is 0 Å². The van der Waals surface area contributed by atoms with Crippen molar-refractivity contribution in [2.45, 2.75) is 18.9 Å². The lowest BCUT2D eigenvalue weighted by Crippen LogP contribution is -2.37. The van der Waals surface area contributed by atoms with Gasteiger partial charge in [0.25, 0.3) is 0 Å². The first kappa shape index (κ1) is 18.3. The number of carbonyl (C=O) groups is 2. The topological polar surface area (TPSA) is 79.5 Å². The number of para-hydroxylation sites is 1. The number of urea groups is 1. The van der Waals surface area contributed by atoms with E-state index in [0.29, 0.717) is 12.2 Å². The van der Waals surface area contributed by atoms with E-state index in [1.807, 2.05) is 36.4 Å². The standard InChI is InChI=1S/C19H20BrN3O3/c20-14-5-7-15(8-6-14)23-19(25)21-10-9-18(24)22-12-16-11-13-3-1-2-4-17(13)26-16/h1-8,16H,9-12H2,(H,22,24)(H2,21,23,25). The minimum Gasteiger partial charge on any atom is -0.488 e. The average molecular weight is 418 g/mol. The second-order valence-electron chi connectivity index (χ2n) is 5.99. The second-order valence-corrected chi connectivity index (χ2v) is 6.91. The number of halogens is 1. The minimum atomic E-state index is -0.338. The Morgan fingerprint density at radius 3 is 2.62 bits per heavy atom. The lowest BCUT2D eigenvalue weighted by atomic mass is 10.1. The summed E-state index contributed by atoms with van der Waals surface area (Å²) in [5.41, 5.74) is 1.85. The van der Waals surface area contributed by atoms with Crippen LogP contribution in [0.4, 0.5) is 10.5 Å². The molecule has 0 fully saturated rings. The summed E-state index contributed by atoms with van der Waals surface area (Å²) in [4.78, 5) is 23.7. The number of hydrogen-bond acceptors (Lipinski definition) is 3. The number of amides is 3. The molecule has 6 nitrogen and oxygen atoms in total. The number of carbonyl (C=O) groups excluding carboxylic acids is 2. The Balaban J connectivity index is 1.31. The highest BCUT2D eigenvalue weighted by Gasteiger charge is 2.22. The van der Waals surface area contributed by atoms with Crippen molar-refractivity contribution in [3.8, 4) is 5.75 Å². The number of ether oxygens (including phenoxy) is 1. The molecule has 0 aliphatic carbocycles. The maximum atomic E-state index is 11.9. The molecule has 7 heteroatoms. The van der Waals surface area contributed by atoms with E-state index < -0.39 is 0 Å². The molecule has 26 heavy (non-hydrogen) atoms. The van der Waals surface area contributed by atoms with Gasteiger partial charge in [-0.15, -0.1) is 0 Å². The molecule has 0 saturated carbocycles. The van der Waals surface area contributed by atoms with Crippen LogP contribution in [0.2, 0.25) is 0 Å². The molecule has 3 rings (SSSR count). The lowest BCUT2D eigenvalue weighted by Gasteiger charge is -2.12. The molecule has 1 atom stereocenters. The third-order valence-corrected chi connectivity index (χ3v) is 4.51. The Bertz CT molecular complexity index is 755. The molecule has 0 spiro atoms. The summed E-state index contributed by atoms with van der Waals surface area (Å²) in [6.45, 7) is 0.721. The van der Waals surface area contributed by atoms with Gasteiger partial charge in [-0.05, 0) is 35.9 Å². The number of fused-ring (bicyclic) bond motifs is 1. The van der Waals surface area contributed by atoms with Crippen molar-refractivity contribution in [1.29, 1.82) is 0 Å². The van der Waals surface area contributed by atoms with Gasteiger partial charge >= 0.3 is 6.03 Å². The minimum absolute atomic E-state index is 0.0370. The van der Waals surface area contributed by atoms with Crippen molar-refractivity contribution in [2.75, 3.05) is 18.4 Å². The Labute approximate surface area is 160 Å². The first-order valence-corrected chi connectivity index (χ1v) is 9.21. The zero-order chi connectivity index (χ0) is 18.4. The Morgan fingerprint density at radius 1 is 1.08 bits per heavy atom. The summed E-state index contributed by atoms with van der Waals surface area (Å²) in [6.07, 6.45) is 0.975. The summed E-state index contributed by atoms with van der Waals surface area (Å²) in [5.74, 6) is 0.770. The molecule has 1 aliphatic rings. The van der Waals surface area contributed by atoms with Gasteiger partial charge in [-0.1, -0.05) is 34.1 Å². The smallest absolute Gasteiger partial charge is 0.319 e. The Hall–Kier alpha value is -2.54. The normalized spacial score (nSPS) is 14.9. The zero-order valence-electron chi connectivity index (χ0n) is 14.1. The van der Waals surface area contributed by atoms with Crippen molar-refractivity contribution < 1.29 is 14.3 Å². The van der Waals surface area contributed by atoms with Gasteiger partial charge in [0.1, 0.15) is 11.9 Å². The van der Waals surface area contributed by atoms with Crippen LogP contribution < -0.4 is 20.7 Å². The molecule has 1 aliphatic heterocycles. The summed E-state index contributed by atoms with van der Waals surface area (Å²) in [6, 6.07) is 14.8. The van der Waals surface area contributed by atoms with Crippen LogP contribution in [0.25, 0.3) is 0 Å². The predicted molar refractivity (Wildman–Crippen MR) is 103 cm³/mol. The van der Waals surface area contributed by atoms with E-state index in [4.69, 9.17) is 4.74 Å². The second kappa shape index (κ2) is 8.71. The van der Waals surface area contributed by atoms with E-state index in [1.54, 1.807) is 12.1 Å². The van der Waals surface area contributed by atoms with Crippen LogP contribution >= 0.6 is 15.9 Å². The van der Waals surface area contributed by atoms with E-state index in [1.165, 1.54) is 0 Å². The summed E-state index contributed by atoms with van der Waals surface area (Å²) < 4.78 is 6.72. The molecule has 3 N–H and O–H groups in total. The van der Waals surface area contributed by atoms with Gasteiger partial charge in [0.05, 0.1) is 6.54 Å². The van der Waals surface area contributed by atoms with Gasteiger partial charge in [0.2, 0.25) is 5.91 Å². The Morgan fingerprint density at radius 2 is 1.85 bits per heavy atom. The highest BCUT2D eigenvalue weighted by atomic mass is 79.9. The highest BCUT2D eigenvalue weighted by Crippen LogP contribution is 2.27. The van der Waals surface area contributed by atoms with Gasteiger partial charge in [-0.2, -0.15) is 0 Å². The molecule has 2 aromatic rings. The maximum Gasteiger partial charge on any atom is 0.319 e. The molecule has 0 radical (unpaired) electrons. The fourth-order valence-corrected chi connectivity index (χ4v) is 2.95. The molecular weight excluding hydrogens is 398 g/mol. The van der Waals surface area contributed by atoms with Crippen molar-refractivity contribution in [1.82, 2.24) is 10.6 Å². The molecule has 0 bridgehead atoms. The molecule has 0 saturated heterocycles. The largest absolute Gasteiger partial charge is 0.488 e. The molecule has 3 amide bonds. The highest BCUT2D eigenvalue weighted by molar-refractivity contribution is 9.10. The Kier molecular flexibility index (Phi) is 6.12. The molecule has 136 valence electrons. The van der Waals surface area contributed by atoms with Gasteiger partial charge < -0.3 is 20.7 Å². The first-order valence-electron chi connectivity index (χ1n) is 8.42. The third kappa shape index (κ3) is 5.23. The number of benzene rings is 2. The monoisotopic (exact) mass is 417 g/mol. The van der Waals surface area contributed by atoms with E-state index in [2.05, 4.69) is 31.9 Å². The molecular formula is C19H20BrN3O3. The van der Waals surface area contributed by atoms with Crippen molar-refractivity contribution in [3.05, 3.63) is 58.6 Å². The number of nitrogens with one attached hydrogen (secondary N) is 3. The van der Waals surface area contributed by atoms with Crippen molar-refractivity contribution in [3.63, 3.8) is 0 Å². The molecule has 1 heterocycles. The van der Waals surface area contributed by atoms with Crippen molar-refractivity contribution >= 4 is 33.6 Å². The van der Waals surface area contributed by atoms with Crippen LogP contribution in [-0.2, 0) is 11.2 Å². The van der Waals surface area contributed by atoms with Crippen LogP contribution in [0.5, 0.6) is 5.75 Å². The summed E-state index contributed by atoms with van der Waals surface area (Å²) in [7, 11) is 0. The van der Waals surface area contributed by atoms with E-state index in [-0.39, 0.29) is 31.0 Å². The van der Waals surface area contributed by atoms with Gasteiger partial charge in [0, 0.05) is 29.5 Å². The lowest BCUT2D eigenvalue weighted by molar-refractivity contribution is -0.121. The SMILES string of the molecule is O=C(CCNC(=O)Nc1ccc(Br)cc1)NCC1Cc2ccccc2O1. The predicted octanol–water partition coefficient (Wildman–Crippen LogP) is 3.08. The summed E-state index contributed by atoms with van der Waals surface area (Å²) >= 11 is 3.34. The fourth-order valence-electron chi connectivity index (χ4n) is 2.68. The quantitative estimate of drug-likeness (QED) is 0.675. The van der Waals surface area contributed by atoms with E-state index in [9.17, 15) is 9.59 Å². The van der Waals surface area contributed by atoms with Gasteiger partial charge in [-0.3, -0.25) is 4.79 Å². The third-order valence-electron chi connectivity index (χ3n) is 3.98. The van der Waals surface area contributed by atoms with Gasteiger partial charge in [-0.25, -0.2) is 4.79 Å². The number of rotatable bonds is 6. The van der Waals surface area contributed by atoms with Crippen LogP contribution in [0.3, 0.4) is 0 Å². The van der Waals surface area contributed by atoms with Crippen LogP contribution in [-0.4, -0.2) is 31.1 Å². The molecule has 0 aromatic heterocycles. The maximum absolute atomic E-state index is 11.9. The zero-order valence-corrected chi connectivity index (χ0v) is 15.7. The van der Waals surface area contributed by atoms with Crippen LogP contribution in [0.1, 0.15) is 12.0 Å². The van der Waals surface area contributed by atoms with Crippen LogP contribution in [0.15, 0.2) is 53.0 Å². The molecule has 1 unspecified atom stereocenters. The van der Waals surface area contributed by atoms with Crippen LogP contribution in [0, 0.1) is 0 Å². The number of anilines is 1. The summed E-state index contributed by atoms with van der Waals surface area (Å²) in [5, 5.41) is 8.22. The first-order chi connectivity index (χ1) is 12.6. The average Bonchev–Trinajstić information content (AvgIpc) is 3.05. The fraction of sp³-hybridized carbons (Fsp3) is 0.263. The number of hydrogen-bond donors (Lipinski definition) is 3. The van der Waals surface area contributed by atoms with Crippen molar-refractivity contribution in [2.24, 2.45) is 0 Å². The van der Waals surface area contributed by atoms with Gasteiger partial charge in [0.15, 0.2) is 0 Å². The molecule has 2 aromatic carbocycles.